The maximum atomic E-state index is 11.8. The van der Waals surface area contributed by atoms with Crippen LogP contribution in [0, 0.1) is 5.92 Å². The molecule has 7 heteroatoms. The van der Waals surface area contributed by atoms with Gasteiger partial charge in [-0.2, -0.15) is 0 Å². The molecule has 1 aliphatic rings. The predicted octanol–water partition coefficient (Wildman–Crippen LogP) is 2.37. The van der Waals surface area contributed by atoms with Crippen molar-refractivity contribution in [1.29, 1.82) is 0 Å². The smallest absolute Gasteiger partial charge is 0.223 e. The summed E-state index contributed by atoms with van der Waals surface area (Å²) in [6.45, 7) is 8.33. The van der Waals surface area contributed by atoms with Crippen LogP contribution in [0.25, 0.3) is 0 Å². The van der Waals surface area contributed by atoms with Crippen LogP contribution in [0.15, 0.2) is 29.3 Å². The molecule has 1 aromatic carbocycles. The second kappa shape index (κ2) is 12.3. The highest BCUT2D eigenvalue weighted by Crippen LogP contribution is 2.26. The number of aliphatic imine (C=N–C) groups is 1. The molecule has 1 amide bonds. The Kier molecular flexibility index (Phi) is 9.77. The van der Waals surface area contributed by atoms with Crippen LogP contribution in [0.5, 0.6) is 5.75 Å². The van der Waals surface area contributed by atoms with E-state index in [1.807, 2.05) is 45.0 Å². The van der Waals surface area contributed by atoms with Gasteiger partial charge in [0.2, 0.25) is 5.91 Å². The third kappa shape index (κ3) is 8.31. The molecule has 1 aromatic rings. The van der Waals surface area contributed by atoms with Crippen LogP contribution >= 0.6 is 0 Å². The first-order valence-corrected chi connectivity index (χ1v) is 10.7. The quantitative estimate of drug-likeness (QED) is 0.258. The predicted molar refractivity (Wildman–Crippen MR) is 116 cm³/mol. The lowest BCUT2D eigenvalue weighted by molar-refractivity contribution is -0.127. The minimum absolute atomic E-state index is 0.121. The molecule has 0 spiro atoms. The van der Waals surface area contributed by atoms with Crippen molar-refractivity contribution in [1.82, 2.24) is 16.0 Å². The summed E-state index contributed by atoms with van der Waals surface area (Å²) in [7, 11) is 0. The van der Waals surface area contributed by atoms with E-state index in [1.165, 1.54) is 6.42 Å². The third-order valence-electron chi connectivity index (χ3n) is 4.82. The zero-order chi connectivity index (χ0) is 21.1. The molecule has 4 N–H and O–H groups in total. The van der Waals surface area contributed by atoms with E-state index in [4.69, 9.17) is 4.74 Å². The molecule has 0 heterocycles. The number of guanidine groups is 1. The lowest BCUT2D eigenvalue weighted by Gasteiger charge is -2.24. The first kappa shape index (κ1) is 23.0. The largest absolute Gasteiger partial charge is 0.491 e. The highest BCUT2D eigenvalue weighted by Gasteiger charge is 2.24. The van der Waals surface area contributed by atoms with E-state index >= 15 is 0 Å². The van der Waals surface area contributed by atoms with Gasteiger partial charge in [-0.3, -0.25) is 9.79 Å². The molecule has 0 radical (unpaired) electrons. The maximum absolute atomic E-state index is 11.8. The Labute approximate surface area is 174 Å². The Morgan fingerprint density at radius 2 is 1.86 bits per heavy atom. The van der Waals surface area contributed by atoms with Crippen molar-refractivity contribution in [2.75, 3.05) is 26.2 Å². The van der Waals surface area contributed by atoms with Gasteiger partial charge in [-0.25, -0.2) is 0 Å². The van der Waals surface area contributed by atoms with Crippen molar-refractivity contribution in [3.8, 4) is 5.75 Å². The number of carbonyl (C=O) groups is 1. The topological polar surface area (TPSA) is 95.0 Å². The standard InChI is InChI=1S/C22H36N4O3/c1-4-23-22(25-14-6-13-24-21(28)18-7-5-8-18)26-15-20(27)17-9-11-19(12-10-17)29-16(2)3/h9-12,16,18,20,27H,4-8,13-15H2,1-3H3,(H,24,28)(H2,23,25,26). The molecule has 0 saturated heterocycles. The molecular weight excluding hydrogens is 368 g/mol. The van der Waals surface area contributed by atoms with Gasteiger partial charge in [0.15, 0.2) is 5.96 Å². The van der Waals surface area contributed by atoms with Gasteiger partial charge >= 0.3 is 0 Å². The van der Waals surface area contributed by atoms with E-state index in [9.17, 15) is 9.90 Å². The SMILES string of the molecule is CCNC(=NCC(O)c1ccc(OC(C)C)cc1)NCCCNC(=O)C1CCC1. The Hall–Kier alpha value is -2.28. The van der Waals surface area contributed by atoms with Gasteiger partial charge in [0.1, 0.15) is 5.75 Å². The van der Waals surface area contributed by atoms with E-state index < -0.39 is 6.10 Å². The van der Waals surface area contributed by atoms with Gasteiger partial charge in [-0.05, 0) is 57.7 Å². The van der Waals surface area contributed by atoms with Crippen LogP contribution in [0.2, 0.25) is 0 Å². The maximum Gasteiger partial charge on any atom is 0.223 e. The van der Waals surface area contributed by atoms with E-state index in [-0.39, 0.29) is 24.5 Å². The zero-order valence-corrected chi connectivity index (χ0v) is 17.9. The summed E-state index contributed by atoms with van der Waals surface area (Å²) in [6.07, 6.45) is 3.48. The van der Waals surface area contributed by atoms with Gasteiger partial charge in [0.05, 0.1) is 18.8 Å². The van der Waals surface area contributed by atoms with Crippen molar-refractivity contribution in [3.63, 3.8) is 0 Å². The summed E-state index contributed by atoms with van der Waals surface area (Å²) in [4.78, 5) is 16.3. The number of aliphatic hydroxyl groups is 1. The molecule has 1 aliphatic carbocycles. The van der Waals surface area contributed by atoms with Gasteiger partial charge in [-0.15, -0.1) is 0 Å². The average molecular weight is 405 g/mol. The number of rotatable bonds is 11. The molecule has 2 rings (SSSR count). The summed E-state index contributed by atoms with van der Waals surface area (Å²) in [5, 5.41) is 19.8. The molecule has 29 heavy (non-hydrogen) atoms. The Morgan fingerprint density at radius 3 is 2.45 bits per heavy atom. The molecule has 1 unspecified atom stereocenters. The fourth-order valence-corrected chi connectivity index (χ4v) is 2.99. The molecule has 7 nitrogen and oxygen atoms in total. The molecule has 1 saturated carbocycles. The number of aliphatic hydroxyl groups excluding tert-OH is 1. The molecule has 0 aliphatic heterocycles. The molecule has 0 aromatic heterocycles. The summed E-state index contributed by atoms with van der Waals surface area (Å²) in [5.41, 5.74) is 0.805. The van der Waals surface area contributed by atoms with E-state index in [2.05, 4.69) is 20.9 Å². The van der Waals surface area contributed by atoms with Crippen LogP contribution in [0.1, 0.15) is 58.1 Å². The fraction of sp³-hybridized carbons (Fsp3) is 0.636. The monoisotopic (exact) mass is 404 g/mol. The van der Waals surface area contributed by atoms with Gasteiger partial charge < -0.3 is 25.8 Å². The van der Waals surface area contributed by atoms with Crippen molar-refractivity contribution in [3.05, 3.63) is 29.8 Å². The lowest BCUT2D eigenvalue weighted by atomic mass is 9.85. The van der Waals surface area contributed by atoms with E-state index in [0.717, 1.165) is 37.1 Å². The van der Waals surface area contributed by atoms with Crippen molar-refractivity contribution >= 4 is 11.9 Å². The van der Waals surface area contributed by atoms with Gasteiger partial charge in [0, 0.05) is 25.6 Å². The number of hydrogen-bond donors (Lipinski definition) is 4. The van der Waals surface area contributed by atoms with Crippen molar-refractivity contribution in [2.45, 2.75) is 58.7 Å². The number of benzene rings is 1. The Morgan fingerprint density at radius 1 is 1.17 bits per heavy atom. The van der Waals surface area contributed by atoms with E-state index in [1.54, 1.807) is 0 Å². The normalized spacial score (nSPS) is 15.6. The molecule has 1 atom stereocenters. The summed E-state index contributed by atoms with van der Waals surface area (Å²) < 4.78 is 5.63. The highest BCUT2D eigenvalue weighted by molar-refractivity contribution is 5.80. The zero-order valence-electron chi connectivity index (χ0n) is 17.9. The summed E-state index contributed by atoms with van der Waals surface area (Å²) in [6, 6.07) is 7.46. The minimum atomic E-state index is -0.680. The van der Waals surface area contributed by atoms with Crippen molar-refractivity contribution in [2.24, 2.45) is 10.9 Å². The Balaban J connectivity index is 1.72. The number of nitrogens with zero attached hydrogens (tertiary/aromatic N) is 1. The van der Waals surface area contributed by atoms with E-state index in [0.29, 0.717) is 19.0 Å². The van der Waals surface area contributed by atoms with Gasteiger partial charge in [-0.1, -0.05) is 18.6 Å². The first-order valence-electron chi connectivity index (χ1n) is 10.7. The summed E-state index contributed by atoms with van der Waals surface area (Å²) >= 11 is 0. The van der Waals surface area contributed by atoms with Crippen LogP contribution in [-0.2, 0) is 4.79 Å². The second-order valence-electron chi connectivity index (χ2n) is 7.67. The molecule has 0 bridgehead atoms. The number of hydrogen-bond acceptors (Lipinski definition) is 4. The molecular formula is C22H36N4O3. The number of nitrogens with one attached hydrogen (secondary N) is 3. The van der Waals surface area contributed by atoms with Crippen LogP contribution in [0.4, 0.5) is 0 Å². The number of carbonyl (C=O) groups excluding carboxylic acids is 1. The lowest BCUT2D eigenvalue weighted by Crippen LogP contribution is -2.40. The van der Waals surface area contributed by atoms with Crippen molar-refractivity contribution < 1.29 is 14.6 Å². The second-order valence-corrected chi connectivity index (χ2v) is 7.67. The van der Waals surface area contributed by atoms with Gasteiger partial charge in [0.25, 0.3) is 0 Å². The third-order valence-corrected chi connectivity index (χ3v) is 4.82. The average Bonchev–Trinajstić information content (AvgIpc) is 2.64. The first-order chi connectivity index (χ1) is 14.0. The van der Waals surface area contributed by atoms with Crippen LogP contribution in [-0.4, -0.2) is 49.3 Å². The highest BCUT2D eigenvalue weighted by atomic mass is 16.5. The number of amides is 1. The minimum Gasteiger partial charge on any atom is -0.491 e. The fourth-order valence-electron chi connectivity index (χ4n) is 2.99. The summed E-state index contributed by atoms with van der Waals surface area (Å²) in [5.74, 6) is 1.87. The van der Waals surface area contributed by atoms with Crippen LogP contribution in [0.3, 0.4) is 0 Å². The van der Waals surface area contributed by atoms with Crippen LogP contribution < -0.4 is 20.7 Å². The number of ether oxygens (including phenoxy) is 1. The molecule has 162 valence electrons. The Bertz CT molecular complexity index is 642. The molecule has 1 fully saturated rings.